The molecule has 0 saturated carbocycles. The maximum absolute atomic E-state index is 5.63. The lowest BCUT2D eigenvalue weighted by Crippen LogP contribution is -2.01. The Labute approximate surface area is 59.2 Å². The second-order valence-corrected chi connectivity index (χ2v) is 2.40. The van der Waals surface area contributed by atoms with Crippen molar-refractivity contribution in [2.24, 2.45) is 11.5 Å². The van der Waals surface area contributed by atoms with Crippen molar-refractivity contribution in [2.75, 3.05) is 0 Å². The van der Waals surface area contributed by atoms with Gasteiger partial charge in [-0.25, -0.2) is 0 Å². The molecule has 2 aliphatic rings. The minimum atomic E-state index is 0.812. The fourth-order valence-corrected chi connectivity index (χ4v) is 1.21. The second-order valence-electron chi connectivity index (χ2n) is 2.40. The van der Waals surface area contributed by atoms with Crippen molar-refractivity contribution in [3.63, 3.8) is 0 Å². The standard InChI is InChI=1S/C8H8N2/c9-7-3-1-5-6(7)2-4-8(5)10/h1-4H,9-10H2. The summed E-state index contributed by atoms with van der Waals surface area (Å²) in [7, 11) is 0. The third kappa shape index (κ3) is 0.480. The van der Waals surface area contributed by atoms with E-state index in [1.807, 2.05) is 24.3 Å². The van der Waals surface area contributed by atoms with Crippen molar-refractivity contribution < 1.29 is 0 Å². The molecule has 0 heterocycles. The normalized spacial score (nSPS) is 21.2. The molecule has 0 spiro atoms. The third-order valence-electron chi connectivity index (χ3n) is 1.77. The maximum atomic E-state index is 5.63. The molecule has 0 amide bonds. The van der Waals surface area contributed by atoms with Crippen molar-refractivity contribution in [1.82, 2.24) is 0 Å². The fraction of sp³-hybridized carbons (Fsp3) is 0. The van der Waals surface area contributed by atoms with Crippen LogP contribution in [0.3, 0.4) is 0 Å². The number of hydrogen-bond donors (Lipinski definition) is 2. The number of hydrogen-bond acceptors (Lipinski definition) is 2. The molecular weight excluding hydrogens is 124 g/mol. The summed E-state index contributed by atoms with van der Waals surface area (Å²) >= 11 is 0. The quantitative estimate of drug-likeness (QED) is 0.505. The van der Waals surface area contributed by atoms with Gasteiger partial charge in [0, 0.05) is 22.5 Å². The van der Waals surface area contributed by atoms with E-state index >= 15 is 0 Å². The van der Waals surface area contributed by atoms with E-state index in [2.05, 4.69) is 0 Å². The molecule has 2 heteroatoms. The highest BCUT2D eigenvalue weighted by atomic mass is 14.6. The van der Waals surface area contributed by atoms with Crippen molar-refractivity contribution >= 4 is 0 Å². The van der Waals surface area contributed by atoms with Crippen molar-refractivity contribution in [3.05, 3.63) is 46.8 Å². The van der Waals surface area contributed by atoms with E-state index in [1.54, 1.807) is 0 Å². The van der Waals surface area contributed by atoms with E-state index in [9.17, 15) is 0 Å². The first kappa shape index (κ1) is 5.35. The van der Waals surface area contributed by atoms with Crippen LogP contribution in [0.1, 0.15) is 0 Å². The van der Waals surface area contributed by atoms with E-state index in [-0.39, 0.29) is 0 Å². The molecule has 0 aromatic heterocycles. The summed E-state index contributed by atoms with van der Waals surface area (Å²) < 4.78 is 0. The molecule has 0 aromatic carbocycles. The Morgan fingerprint density at radius 3 is 1.50 bits per heavy atom. The molecule has 0 saturated heterocycles. The largest absolute Gasteiger partial charge is 0.398 e. The first-order valence-corrected chi connectivity index (χ1v) is 3.15. The van der Waals surface area contributed by atoms with E-state index < -0.39 is 0 Å². The van der Waals surface area contributed by atoms with E-state index in [0.29, 0.717) is 0 Å². The van der Waals surface area contributed by atoms with E-state index in [0.717, 1.165) is 22.5 Å². The lowest BCUT2D eigenvalue weighted by atomic mass is 10.1. The molecule has 50 valence electrons. The molecule has 2 aliphatic carbocycles. The van der Waals surface area contributed by atoms with Crippen LogP contribution in [0.2, 0.25) is 0 Å². The lowest BCUT2D eigenvalue weighted by molar-refractivity contribution is 1.32. The summed E-state index contributed by atoms with van der Waals surface area (Å²) in [5.41, 5.74) is 15.0. The van der Waals surface area contributed by atoms with Gasteiger partial charge >= 0.3 is 0 Å². The molecule has 0 atom stereocenters. The van der Waals surface area contributed by atoms with Crippen molar-refractivity contribution in [3.8, 4) is 0 Å². The van der Waals surface area contributed by atoms with E-state index in [4.69, 9.17) is 11.5 Å². The Balaban J connectivity index is 2.49. The van der Waals surface area contributed by atoms with Crippen molar-refractivity contribution in [1.29, 1.82) is 0 Å². The van der Waals surface area contributed by atoms with Crippen LogP contribution < -0.4 is 11.5 Å². The van der Waals surface area contributed by atoms with Gasteiger partial charge in [-0.15, -0.1) is 0 Å². The van der Waals surface area contributed by atoms with Gasteiger partial charge in [0.15, 0.2) is 0 Å². The van der Waals surface area contributed by atoms with Crippen LogP contribution in [0.5, 0.6) is 0 Å². The molecule has 10 heavy (non-hydrogen) atoms. The van der Waals surface area contributed by atoms with Gasteiger partial charge in [-0.1, -0.05) is 12.2 Å². The van der Waals surface area contributed by atoms with Gasteiger partial charge in [0.1, 0.15) is 0 Å². The zero-order valence-electron chi connectivity index (χ0n) is 5.46. The summed E-state index contributed by atoms with van der Waals surface area (Å²) in [4.78, 5) is 0. The van der Waals surface area contributed by atoms with Crippen LogP contribution in [0, 0.1) is 0 Å². The Bertz CT molecular complexity index is 271. The van der Waals surface area contributed by atoms with Gasteiger partial charge in [0.25, 0.3) is 0 Å². The van der Waals surface area contributed by atoms with Gasteiger partial charge in [-0.05, 0) is 12.2 Å². The van der Waals surface area contributed by atoms with Crippen LogP contribution in [0.4, 0.5) is 0 Å². The molecular formula is C8H8N2. The zero-order chi connectivity index (χ0) is 7.14. The molecule has 0 aromatic rings. The molecule has 0 fully saturated rings. The van der Waals surface area contributed by atoms with Gasteiger partial charge in [0.2, 0.25) is 0 Å². The second kappa shape index (κ2) is 1.53. The zero-order valence-corrected chi connectivity index (χ0v) is 5.46. The topological polar surface area (TPSA) is 52.0 Å². The van der Waals surface area contributed by atoms with Gasteiger partial charge in [0.05, 0.1) is 0 Å². The number of rotatable bonds is 0. The Morgan fingerprint density at radius 2 is 1.10 bits per heavy atom. The highest BCUT2D eigenvalue weighted by molar-refractivity contribution is 5.66. The minimum absolute atomic E-state index is 0.812. The summed E-state index contributed by atoms with van der Waals surface area (Å²) in [6.45, 7) is 0. The lowest BCUT2D eigenvalue weighted by Gasteiger charge is -1.99. The number of nitrogens with two attached hydrogens (primary N) is 2. The predicted octanol–water partition coefficient (Wildman–Crippen LogP) is 0.552. The van der Waals surface area contributed by atoms with E-state index in [1.165, 1.54) is 0 Å². The SMILES string of the molecule is NC1=CC=C2C(N)=CC=C12. The number of fused-ring (bicyclic) bond motifs is 1. The molecule has 2 nitrogen and oxygen atoms in total. The molecule has 2 rings (SSSR count). The molecule has 4 N–H and O–H groups in total. The Morgan fingerprint density at radius 1 is 0.700 bits per heavy atom. The summed E-state index contributed by atoms with van der Waals surface area (Å²) in [5, 5.41) is 0. The third-order valence-corrected chi connectivity index (χ3v) is 1.77. The van der Waals surface area contributed by atoms with Crippen molar-refractivity contribution in [2.45, 2.75) is 0 Å². The highest BCUT2D eigenvalue weighted by Gasteiger charge is 2.17. The van der Waals surface area contributed by atoms with Crippen LogP contribution in [0.15, 0.2) is 46.8 Å². The summed E-state index contributed by atoms with van der Waals surface area (Å²) in [6.07, 6.45) is 7.64. The van der Waals surface area contributed by atoms with Crippen LogP contribution >= 0.6 is 0 Å². The molecule has 0 bridgehead atoms. The number of allylic oxidation sites excluding steroid dienone is 6. The highest BCUT2D eigenvalue weighted by Crippen LogP contribution is 2.30. The first-order valence-electron chi connectivity index (χ1n) is 3.15. The summed E-state index contributed by atoms with van der Waals surface area (Å²) in [6, 6.07) is 0. The average Bonchev–Trinajstić information content (AvgIpc) is 2.41. The minimum Gasteiger partial charge on any atom is -0.398 e. The monoisotopic (exact) mass is 132 g/mol. The molecule has 0 unspecified atom stereocenters. The fourth-order valence-electron chi connectivity index (χ4n) is 1.21. The predicted molar refractivity (Wildman–Crippen MR) is 40.7 cm³/mol. The first-order chi connectivity index (χ1) is 4.79. The molecule has 0 aliphatic heterocycles. The van der Waals surface area contributed by atoms with Crippen LogP contribution in [0.25, 0.3) is 0 Å². The maximum Gasteiger partial charge on any atom is 0.0394 e. The van der Waals surface area contributed by atoms with Gasteiger partial charge in [-0.2, -0.15) is 0 Å². The average molecular weight is 132 g/mol. The smallest absolute Gasteiger partial charge is 0.0394 e. The molecule has 0 radical (unpaired) electrons. The Hall–Kier alpha value is -1.44. The Kier molecular flexibility index (Phi) is 0.822. The summed E-state index contributed by atoms with van der Waals surface area (Å²) in [5.74, 6) is 0. The van der Waals surface area contributed by atoms with Crippen LogP contribution in [-0.2, 0) is 0 Å². The van der Waals surface area contributed by atoms with Crippen LogP contribution in [-0.4, -0.2) is 0 Å². The van der Waals surface area contributed by atoms with Gasteiger partial charge < -0.3 is 11.5 Å². The van der Waals surface area contributed by atoms with Gasteiger partial charge in [-0.3, -0.25) is 0 Å².